The Balaban J connectivity index is 1.57. The zero-order valence-electron chi connectivity index (χ0n) is 17.2. The van der Waals surface area contributed by atoms with E-state index < -0.39 is 16.4 Å². The number of aromatic hydroxyl groups is 1. The molecule has 0 unspecified atom stereocenters. The van der Waals surface area contributed by atoms with Crippen LogP contribution in [0.5, 0.6) is 5.75 Å². The van der Waals surface area contributed by atoms with E-state index in [0.717, 1.165) is 10.2 Å². The van der Waals surface area contributed by atoms with Crippen LogP contribution in [0.3, 0.4) is 0 Å². The maximum Gasteiger partial charge on any atom is 0.311 e. The van der Waals surface area contributed by atoms with Crippen molar-refractivity contribution in [3.63, 3.8) is 0 Å². The van der Waals surface area contributed by atoms with Crippen LogP contribution in [0.1, 0.15) is 5.56 Å². The number of morpholine rings is 1. The van der Waals surface area contributed by atoms with E-state index in [4.69, 9.17) is 4.74 Å². The second kappa shape index (κ2) is 10.2. The van der Waals surface area contributed by atoms with Gasteiger partial charge in [0, 0.05) is 34.9 Å². The average Bonchev–Trinajstić information content (AvgIpc) is 2.80. The zero-order chi connectivity index (χ0) is 23.2. The Kier molecular flexibility index (Phi) is 6.90. The third-order valence-electron chi connectivity index (χ3n) is 4.57. The molecule has 2 heterocycles. The highest BCUT2D eigenvalue weighted by Crippen LogP contribution is 2.26. The molecule has 1 saturated heterocycles. The first-order valence-electron chi connectivity index (χ1n) is 9.86. The number of hydrazone groups is 1. The van der Waals surface area contributed by atoms with E-state index in [9.17, 15) is 15.2 Å². The van der Waals surface area contributed by atoms with Crippen LogP contribution >= 0.6 is 15.9 Å². The minimum absolute atomic E-state index is 0.188. The van der Waals surface area contributed by atoms with Crippen LogP contribution in [0.25, 0.3) is 0 Å². The van der Waals surface area contributed by atoms with Crippen LogP contribution in [0.4, 0.5) is 29.2 Å². The van der Waals surface area contributed by atoms with E-state index in [2.05, 4.69) is 46.7 Å². The van der Waals surface area contributed by atoms with E-state index in [1.807, 2.05) is 29.2 Å². The SMILES string of the molecule is O=[N+]([O-])c1cc(/C=N\Nc2nc(Nc3cccc(Br)c3)nc(N3CCOCC3)n2)ccc1O. The predicted molar refractivity (Wildman–Crippen MR) is 126 cm³/mol. The molecule has 3 N–H and O–H groups in total. The monoisotopic (exact) mass is 514 g/mol. The van der Waals surface area contributed by atoms with Crippen LogP contribution in [0, 0.1) is 10.1 Å². The van der Waals surface area contributed by atoms with Crippen LogP contribution in [-0.2, 0) is 4.74 Å². The van der Waals surface area contributed by atoms with Gasteiger partial charge in [0.25, 0.3) is 0 Å². The number of nitro benzene ring substituents is 1. The molecule has 13 heteroatoms. The first-order valence-corrected chi connectivity index (χ1v) is 10.6. The van der Waals surface area contributed by atoms with E-state index in [1.54, 1.807) is 0 Å². The third kappa shape index (κ3) is 5.90. The summed E-state index contributed by atoms with van der Waals surface area (Å²) in [5.41, 5.74) is 3.54. The molecule has 2 aromatic carbocycles. The summed E-state index contributed by atoms with van der Waals surface area (Å²) in [6, 6.07) is 11.5. The Bertz CT molecular complexity index is 1190. The van der Waals surface area contributed by atoms with Gasteiger partial charge in [0.2, 0.25) is 17.8 Å². The number of ether oxygens (including phenoxy) is 1. The number of hydrogen-bond donors (Lipinski definition) is 3. The van der Waals surface area contributed by atoms with Gasteiger partial charge in [0.05, 0.1) is 24.4 Å². The number of phenols is 1. The lowest BCUT2D eigenvalue weighted by Crippen LogP contribution is -2.37. The lowest BCUT2D eigenvalue weighted by atomic mass is 10.2. The van der Waals surface area contributed by atoms with Gasteiger partial charge in [-0.3, -0.25) is 10.1 Å². The van der Waals surface area contributed by atoms with Crippen molar-refractivity contribution >= 4 is 51.4 Å². The lowest BCUT2D eigenvalue weighted by Gasteiger charge is -2.27. The first-order chi connectivity index (χ1) is 16.0. The number of nitrogens with one attached hydrogen (secondary N) is 2. The molecule has 0 spiro atoms. The summed E-state index contributed by atoms with van der Waals surface area (Å²) in [6.07, 6.45) is 1.37. The molecule has 0 atom stereocenters. The fourth-order valence-electron chi connectivity index (χ4n) is 3.00. The fraction of sp³-hybridized carbons (Fsp3) is 0.200. The number of halogens is 1. The molecular formula is C20H19BrN8O4. The summed E-state index contributed by atoms with van der Waals surface area (Å²) in [7, 11) is 0. The van der Waals surface area contributed by atoms with Crippen molar-refractivity contribution in [2.24, 2.45) is 5.10 Å². The topological polar surface area (TPSA) is 151 Å². The highest BCUT2D eigenvalue weighted by atomic mass is 79.9. The Morgan fingerprint density at radius 2 is 1.94 bits per heavy atom. The molecule has 12 nitrogen and oxygen atoms in total. The van der Waals surface area contributed by atoms with E-state index in [1.165, 1.54) is 24.4 Å². The number of nitro groups is 1. The van der Waals surface area contributed by atoms with Crippen molar-refractivity contribution in [2.45, 2.75) is 0 Å². The summed E-state index contributed by atoms with van der Waals surface area (Å²) >= 11 is 3.44. The van der Waals surface area contributed by atoms with Gasteiger partial charge in [-0.2, -0.15) is 20.1 Å². The number of phenolic OH excluding ortho intramolecular Hbond substituents is 1. The fourth-order valence-corrected chi connectivity index (χ4v) is 3.40. The summed E-state index contributed by atoms with van der Waals surface area (Å²) < 4.78 is 6.30. The molecule has 1 aliphatic rings. The largest absolute Gasteiger partial charge is 0.502 e. The average molecular weight is 515 g/mol. The second-order valence-corrected chi connectivity index (χ2v) is 7.81. The molecule has 0 amide bonds. The van der Waals surface area contributed by atoms with Gasteiger partial charge in [0.1, 0.15) is 0 Å². The van der Waals surface area contributed by atoms with Crippen LogP contribution < -0.4 is 15.6 Å². The van der Waals surface area contributed by atoms with Crippen LogP contribution in [-0.4, -0.2) is 57.5 Å². The van der Waals surface area contributed by atoms with E-state index >= 15 is 0 Å². The Hall–Kier alpha value is -3.84. The molecule has 1 fully saturated rings. The predicted octanol–water partition coefficient (Wildman–Crippen LogP) is 3.27. The van der Waals surface area contributed by atoms with Gasteiger partial charge >= 0.3 is 5.69 Å². The van der Waals surface area contributed by atoms with Crippen LogP contribution in [0.15, 0.2) is 52.0 Å². The number of benzene rings is 2. The van der Waals surface area contributed by atoms with Gasteiger partial charge in [-0.1, -0.05) is 22.0 Å². The standard InChI is InChI=1S/C20H19BrN8O4/c21-14-2-1-3-15(11-14)23-18-24-19(26-20(25-18)28-6-8-33-9-7-28)27-22-12-13-4-5-17(30)16(10-13)29(31)32/h1-5,10-12,30H,6-9H2,(H2,23,24,25,26,27)/b22-12-. The molecule has 1 aromatic heterocycles. The quantitative estimate of drug-likeness (QED) is 0.243. The van der Waals surface area contributed by atoms with Crippen molar-refractivity contribution in [3.8, 4) is 5.75 Å². The lowest BCUT2D eigenvalue weighted by molar-refractivity contribution is -0.385. The minimum atomic E-state index is -0.666. The molecular weight excluding hydrogens is 496 g/mol. The number of rotatable bonds is 7. The maximum absolute atomic E-state index is 11.0. The minimum Gasteiger partial charge on any atom is -0.502 e. The molecule has 170 valence electrons. The smallest absolute Gasteiger partial charge is 0.311 e. The van der Waals surface area contributed by atoms with Crippen molar-refractivity contribution in [2.75, 3.05) is 41.9 Å². The number of anilines is 4. The van der Waals surface area contributed by atoms with Crippen molar-refractivity contribution in [1.29, 1.82) is 0 Å². The Morgan fingerprint density at radius 3 is 2.70 bits per heavy atom. The highest BCUT2D eigenvalue weighted by molar-refractivity contribution is 9.10. The van der Waals surface area contributed by atoms with Crippen molar-refractivity contribution in [1.82, 2.24) is 15.0 Å². The number of aromatic nitrogens is 3. The Labute approximate surface area is 196 Å². The molecule has 0 bridgehead atoms. The Morgan fingerprint density at radius 1 is 1.15 bits per heavy atom. The van der Waals surface area contributed by atoms with Gasteiger partial charge in [-0.15, -0.1) is 0 Å². The van der Waals surface area contributed by atoms with E-state index in [0.29, 0.717) is 43.8 Å². The van der Waals surface area contributed by atoms with E-state index in [-0.39, 0.29) is 5.95 Å². The van der Waals surface area contributed by atoms with Crippen LogP contribution in [0.2, 0.25) is 0 Å². The van der Waals surface area contributed by atoms with Crippen molar-refractivity contribution < 1.29 is 14.8 Å². The number of nitrogens with zero attached hydrogens (tertiary/aromatic N) is 6. The summed E-state index contributed by atoms with van der Waals surface area (Å²) in [5, 5.41) is 27.8. The summed E-state index contributed by atoms with van der Waals surface area (Å²) in [4.78, 5) is 25.6. The third-order valence-corrected chi connectivity index (χ3v) is 5.07. The molecule has 1 aliphatic heterocycles. The van der Waals surface area contributed by atoms with Gasteiger partial charge in [0.15, 0.2) is 5.75 Å². The van der Waals surface area contributed by atoms with Crippen molar-refractivity contribution in [3.05, 3.63) is 62.6 Å². The normalized spacial score (nSPS) is 13.8. The first kappa shape index (κ1) is 22.4. The zero-order valence-corrected chi connectivity index (χ0v) is 18.8. The molecule has 33 heavy (non-hydrogen) atoms. The second-order valence-electron chi connectivity index (χ2n) is 6.89. The molecule has 0 radical (unpaired) electrons. The highest BCUT2D eigenvalue weighted by Gasteiger charge is 2.17. The maximum atomic E-state index is 11.0. The summed E-state index contributed by atoms with van der Waals surface area (Å²) in [6.45, 7) is 2.42. The number of hydrogen-bond acceptors (Lipinski definition) is 11. The van der Waals surface area contributed by atoms with Gasteiger partial charge < -0.3 is 20.1 Å². The van der Waals surface area contributed by atoms with Gasteiger partial charge in [-0.25, -0.2) is 5.43 Å². The molecule has 0 aliphatic carbocycles. The molecule has 4 rings (SSSR count). The summed E-state index contributed by atoms with van der Waals surface area (Å²) in [5.74, 6) is 0.556. The molecule has 0 saturated carbocycles. The van der Waals surface area contributed by atoms with Gasteiger partial charge in [-0.05, 0) is 30.3 Å². The molecule has 3 aromatic rings.